The van der Waals surface area contributed by atoms with Gasteiger partial charge in [0.1, 0.15) is 35.4 Å². The molecule has 9 nitrogen and oxygen atoms in total. The molecular formula is C25H32ClF3N4O5SSi. The summed E-state index contributed by atoms with van der Waals surface area (Å²) in [6.45, 7) is 7.69. The highest BCUT2D eigenvalue weighted by atomic mass is 35.5. The number of carbonyl (C=O) groups is 1. The maximum absolute atomic E-state index is 15.2. The standard InChI is InChI=1S/C25H32ClF3N4O5SSi/c1-25(17-10-16(6-7-19(17)27)11-21(29)22-12-20(28)18(26)13-30-22)14-39(36,37)32(2)23(31-25)33(24(34)35)15-38-8-9-40(3,4)5/h6-7,10-13,36-37H,8-9,14-15H2,1-5H3,(H,34,35). The van der Waals surface area contributed by atoms with Gasteiger partial charge in [-0.3, -0.25) is 14.1 Å². The van der Waals surface area contributed by atoms with E-state index in [9.17, 15) is 27.8 Å². The van der Waals surface area contributed by atoms with E-state index in [1.54, 1.807) is 0 Å². The molecule has 3 N–H and O–H groups in total. The summed E-state index contributed by atoms with van der Waals surface area (Å²) in [6.07, 6.45) is 0.495. The van der Waals surface area contributed by atoms with Gasteiger partial charge < -0.3 is 9.84 Å². The third kappa shape index (κ3) is 7.56. The SMILES string of the molecule is CN1C(N(COCC[Si](C)(C)C)C(=O)O)=NC(C)(c2cc(C=C(F)c3cc(F)c(Cl)cn3)ccc2F)CS1(O)O. The fourth-order valence-electron chi connectivity index (χ4n) is 3.84. The number of hydrogen-bond acceptors (Lipinski definition) is 7. The minimum atomic E-state index is -3.67. The normalized spacial score (nSPS) is 20.2. The van der Waals surface area contributed by atoms with Crippen LogP contribution >= 0.6 is 22.4 Å². The number of pyridine rings is 1. The molecule has 0 bridgehead atoms. The number of aromatic nitrogens is 1. The Morgan fingerprint density at radius 3 is 2.55 bits per heavy atom. The van der Waals surface area contributed by atoms with Gasteiger partial charge in [-0.1, -0.05) is 37.3 Å². The molecule has 0 spiro atoms. The van der Waals surface area contributed by atoms with Gasteiger partial charge in [0.2, 0.25) is 5.96 Å². The molecule has 3 rings (SSSR count). The van der Waals surface area contributed by atoms with Crippen molar-refractivity contribution < 1.29 is 36.9 Å². The van der Waals surface area contributed by atoms with Gasteiger partial charge in [-0.2, -0.15) is 0 Å². The van der Waals surface area contributed by atoms with Crippen molar-refractivity contribution in [1.29, 1.82) is 0 Å². The maximum Gasteiger partial charge on any atom is 0.416 e. The molecule has 0 saturated heterocycles. The van der Waals surface area contributed by atoms with Crippen molar-refractivity contribution in [2.45, 2.75) is 38.1 Å². The minimum Gasteiger partial charge on any atom is -0.465 e. The van der Waals surface area contributed by atoms with Crippen molar-refractivity contribution >= 4 is 54.4 Å². The first-order valence-corrected chi connectivity index (χ1v) is 17.9. The lowest BCUT2D eigenvalue weighted by molar-refractivity contribution is 0.0650. The highest BCUT2D eigenvalue weighted by Gasteiger charge is 2.45. The highest BCUT2D eigenvalue weighted by molar-refractivity contribution is 8.22. The van der Waals surface area contributed by atoms with Gasteiger partial charge in [0, 0.05) is 39.6 Å². The van der Waals surface area contributed by atoms with Crippen LogP contribution in [0.2, 0.25) is 30.7 Å². The Balaban J connectivity index is 2.02. The van der Waals surface area contributed by atoms with Crippen LogP contribution in [0.5, 0.6) is 0 Å². The first kappa shape index (κ1) is 31.9. The second-order valence-electron chi connectivity index (χ2n) is 10.7. The Bertz CT molecular complexity index is 1340. The Morgan fingerprint density at radius 1 is 1.27 bits per heavy atom. The average Bonchev–Trinajstić information content (AvgIpc) is 2.83. The number of ether oxygens (including phenoxy) is 1. The van der Waals surface area contributed by atoms with Gasteiger partial charge in [0.15, 0.2) is 0 Å². The number of nitrogens with zero attached hydrogens (tertiary/aromatic N) is 4. The summed E-state index contributed by atoms with van der Waals surface area (Å²) < 4.78 is 72.1. The van der Waals surface area contributed by atoms with E-state index in [-0.39, 0.29) is 27.8 Å². The van der Waals surface area contributed by atoms with Crippen LogP contribution in [0.15, 0.2) is 35.5 Å². The van der Waals surface area contributed by atoms with Crippen molar-refractivity contribution in [3.05, 3.63) is 63.9 Å². The van der Waals surface area contributed by atoms with E-state index in [4.69, 9.17) is 16.3 Å². The third-order valence-corrected chi connectivity index (χ3v) is 10.1. The third-order valence-electron chi connectivity index (χ3n) is 6.15. The van der Waals surface area contributed by atoms with Crippen molar-refractivity contribution in [3.8, 4) is 0 Å². The molecule has 1 atom stereocenters. The number of benzene rings is 1. The molecule has 220 valence electrons. The lowest BCUT2D eigenvalue weighted by Crippen LogP contribution is -2.53. The molecule has 40 heavy (non-hydrogen) atoms. The quantitative estimate of drug-likeness (QED) is 0.166. The molecular weight excluding hydrogens is 589 g/mol. The molecule has 0 saturated carbocycles. The van der Waals surface area contributed by atoms with E-state index in [0.717, 1.165) is 39.7 Å². The molecule has 1 aliphatic rings. The van der Waals surface area contributed by atoms with Gasteiger partial charge in [-0.25, -0.2) is 32.2 Å². The fraction of sp³-hybridized carbons (Fsp3) is 0.400. The van der Waals surface area contributed by atoms with Crippen LogP contribution in [0, 0.1) is 11.6 Å². The summed E-state index contributed by atoms with van der Waals surface area (Å²) in [5.41, 5.74) is -2.00. The zero-order chi connectivity index (χ0) is 30.0. The number of rotatable bonds is 8. The molecule has 1 aromatic heterocycles. The van der Waals surface area contributed by atoms with Crippen LogP contribution in [-0.2, 0) is 10.3 Å². The lowest BCUT2D eigenvalue weighted by atomic mass is 9.92. The van der Waals surface area contributed by atoms with Crippen molar-refractivity contribution in [1.82, 2.24) is 14.2 Å². The predicted molar refractivity (Wildman–Crippen MR) is 154 cm³/mol. The molecule has 1 unspecified atom stereocenters. The molecule has 0 fully saturated rings. The Morgan fingerprint density at radius 2 is 1.95 bits per heavy atom. The monoisotopic (exact) mass is 620 g/mol. The number of hydrogen-bond donors (Lipinski definition) is 3. The largest absolute Gasteiger partial charge is 0.465 e. The van der Waals surface area contributed by atoms with Crippen molar-refractivity contribution in [2.24, 2.45) is 4.99 Å². The zero-order valence-electron chi connectivity index (χ0n) is 22.7. The maximum atomic E-state index is 15.2. The molecule has 1 amide bonds. The van der Waals surface area contributed by atoms with Crippen LogP contribution in [0.25, 0.3) is 11.9 Å². The van der Waals surface area contributed by atoms with Crippen LogP contribution in [-0.4, -0.2) is 74.7 Å². The topological polar surface area (TPSA) is 119 Å². The Labute approximate surface area is 238 Å². The van der Waals surface area contributed by atoms with Crippen molar-refractivity contribution in [2.75, 3.05) is 26.1 Å². The van der Waals surface area contributed by atoms with Crippen LogP contribution in [0.3, 0.4) is 0 Å². The lowest BCUT2D eigenvalue weighted by Gasteiger charge is -2.51. The molecule has 0 aliphatic carbocycles. The number of guanidine groups is 1. The van der Waals surface area contributed by atoms with Gasteiger partial charge in [0.05, 0.1) is 10.8 Å². The second-order valence-corrected chi connectivity index (χ2v) is 18.9. The summed E-state index contributed by atoms with van der Waals surface area (Å²) in [5.74, 6) is -3.40. The van der Waals surface area contributed by atoms with Crippen LogP contribution in [0.1, 0.15) is 23.7 Å². The molecule has 15 heteroatoms. The average molecular weight is 621 g/mol. The zero-order valence-corrected chi connectivity index (χ0v) is 25.2. The minimum absolute atomic E-state index is 0.139. The van der Waals surface area contributed by atoms with E-state index in [1.807, 2.05) is 0 Å². The number of amides is 1. The summed E-state index contributed by atoms with van der Waals surface area (Å²) >= 11 is 5.60. The molecule has 2 aromatic rings. The summed E-state index contributed by atoms with van der Waals surface area (Å²) in [5, 5.41) is 9.61. The molecule has 0 radical (unpaired) electrons. The Hall–Kier alpha value is -2.62. The first-order chi connectivity index (χ1) is 18.4. The van der Waals surface area contributed by atoms with Gasteiger partial charge in [-0.15, -0.1) is 10.8 Å². The fourth-order valence-corrected chi connectivity index (χ4v) is 6.27. The number of aliphatic imine (C=N–C) groups is 1. The van der Waals surface area contributed by atoms with E-state index >= 15 is 4.39 Å². The van der Waals surface area contributed by atoms with E-state index in [1.165, 1.54) is 26.1 Å². The van der Waals surface area contributed by atoms with E-state index < -0.39 is 60.4 Å². The van der Waals surface area contributed by atoms with Crippen molar-refractivity contribution in [3.63, 3.8) is 0 Å². The number of carboxylic acid groups (broad SMARTS) is 1. The van der Waals surface area contributed by atoms with Crippen LogP contribution < -0.4 is 0 Å². The molecule has 1 aromatic carbocycles. The Kier molecular flexibility index (Phi) is 9.64. The van der Waals surface area contributed by atoms with Gasteiger partial charge in [-0.05, 0) is 36.7 Å². The predicted octanol–water partition coefficient (Wildman–Crippen LogP) is 6.96. The molecule has 2 heterocycles. The highest BCUT2D eigenvalue weighted by Crippen LogP contribution is 2.52. The van der Waals surface area contributed by atoms with E-state index in [2.05, 4.69) is 29.6 Å². The van der Waals surface area contributed by atoms with Gasteiger partial charge in [0.25, 0.3) is 0 Å². The molecule has 1 aliphatic heterocycles. The number of halogens is 4. The first-order valence-electron chi connectivity index (χ1n) is 12.1. The van der Waals surface area contributed by atoms with Crippen LogP contribution in [0.4, 0.5) is 18.0 Å². The van der Waals surface area contributed by atoms with E-state index in [0.29, 0.717) is 6.61 Å². The van der Waals surface area contributed by atoms with Gasteiger partial charge >= 0.3 is 6.09 Å². The summed E-state index contributed by atoms with van der Waals surface area (Å²) in [6, 6.07) is 5.15. The second kappa shape index (κ2) is 12.1. The summed E-state index contributed by atoms with van der Waals surface area (Å²) in [4.78, 5) is 21.1. The smallest absolute Gasteiger partial charge is 0.416 e. The summed E-state index contributed by atoms with van der Waals surface area (Å²) in [7, 11) is -3.86.